The summed E-state index contributed by atoms with van der Waals surface area (Å²) in [7, 11) is 1.49. The number of nitrogens with zero attached hydrogens (tertiary/aromatic N) is 1. The number of rotatable bonds is 3. The number of methoxy groups -OCH3 is 1. The molecule has 2 nitrogen and oxygen atoms in total. The van der Waals surface area contributed by atoms with Crippen LogP contribution in [0.15, 0.2) is 6.20 Å². The second-order valence-corrected chi connectivity index (χ2v) is 4.08. The molecule has 6 heteroatoms. The normalized spacial score (nSPS) is 10.7. The number of pyridine rings is 1. The molecule has 0 saturated heterocycles. The van der Waals surface area contributed by atoms with Gasteiger partial charge in [-0.3, -0.25) is 4.98 Å². The second-order valence-electron chi connectivity index (χ2n) is 2.44. The highest BCUT2D eigenvalue weighted by atomic mass is 127. The van der Waals surface area contributed by atoms with E-state index in [1.165, 1.54) is 13.3 Å². The smallest absolute Gasteiger partial charge is 0.280 e. The highest BCUT2D eigenvalue weighted by Gasteiger charge is 2.18. The lowest BCUT2D eigenvalue weighted by Gasteiger charge is -2.10. The fourth-order valence-electron chi connectivity index (χ4n) is 0.981. The molecule has 0 radical (unpaired) electrons. The summed E-state index contributed by atoms with van der Waals surface area (Å²) in [5.74, 6) is 0.518. The van der Waals surface area contributed by atoms with Crippen molar-refractivity contribution in [2.24, 2.45) is 0 Å². The summed E-state index contributed by atoms with van der Waals surface area (Å²) >= 11 is 5.13. The van der Waals surface area contributed by atoms with Crippen molar-refractivity contribution >= 4 is 38.5 Å². The molecule has 1 aromatic heterocycles. The van der Waals surface area contributed by atoms with Gasteiger partial charge < -0.3 is 4.74 Å². The van der Waals surface area contributed by atoms with Gasteiger partial charge in [0.25, 0.3) is 6.43 Å². The molecule has 0 amide bonds. The van der Waals surface area contributed by atoms with E-state index in [9.17, 15) is 8.78 Å². The van der Waals surface area contributed by atoms with Gasteiger partial charge in [0.15, 0.2) is 5.75 Å². The van der Waals surface area contributed by atoms with E-state index < -0.39 is 6.43 Å². The fraction of sp³-hybridized carbons (Fsp3) is 0.375. The SMILES string of the molecule is COc1cnc(C(F)F)c(CBr)c1I. The Bertz CT molecular complexity index is 335. The van der Waals surface area contributed by atoms with E-state index in [4.69, 9.17) is 4.74 Å². The molecule has 0 bridgehead atoms. The first-order valence-corrected chi connectivity index (χ1v) is 5.87. The summed E-state index contributed by atoms with van der Waals surface area (Å²) in [5.41, 5.74) is 0.298. The molecule has 1 heterocycles. The molecule has 0 saturated carbocycles. The maximum absolute atomic E-state index is 12.5. The zero-order valence-corrected chi connectivity index (χ0v) is 11.0. The first-order chi connectivity index (χ1) is 6.61. The summed E-state index contributed by atoms with van der Waals surface area (Å²) in [5, 5.41) is 0.342. The molecule has 0 aromatic carbocycles. The zero-order chi connectivity index (χ0) is 10.7. The van der Waals surface area contributed by atoms with E-state index in [1.54, 1.807) is 0 Å². The van der Waals surface area contributed by atoms with Gasteiger partial charge in [0, 0.05) is 10.9 Å². The molecule has 0 spiro atoms. The van der Waals surface area contributed by atoms with E-state index >= 15 is 0 Å². The Morgan fingerprint density at radius 2 is 2.29 bits per heavy atom. The molecule has 1 aromatic rings. The van der Waals surface area contributed by atoms with Crippen LogP contribution < -0.4 is 4.74 Å². The van der Waals surface area contributed by atoms with Crippen molar-refractivity contribution in [3.63, 3.8) is 0 Å². The van der Waals surface area contributed by atoms with E-state index in [1.807, 2.05) is 22.6 Å². The van der Waals surface area contributed by atoms with Crippen LogP contribution in [0.5, 0.6) is 5.75 Å². The van der Waals surface area contributed by atoms with Crippen molar-refractivity contribution in [1.82, 2.24) is 4.98 Å². The van der Waals surface area contributed by atoms with Gasteiger partial charge in [-0.1, -0.05) is 15.9 Å². The van der Waals surface area contributed by atoms with Crippen LogP contribution in [0.4, 0.5) is 8.78 Å². The molecular weight excluding hydrogens is 371 g/mol. The van der Waals surface area contributed by atoms with Crippen LogP contribution in [-0.4, -0.2) is 12.1 Å². The summed E-state index contributed by atoms with van der Waals surface area (Å²) in [6.07, 6.45) is -1.24. The van der Waals surface area contributed by atoms with Crippen molar-refractivity contribution in [3.05, 3.63) is 21.0 Å². The predicted molar refractivity (Wildman–Crippen MR) is 61.1 cm³/mol. The number of hydrogen-bond acceptors (Lipinski definition) is 2. The van der Waals surface area contributed by atoms with Crippen molar-refractivity contribution in [2.75, 3.05) is 7.11 Å². The van der Waals surface area contributed by atoms with Gasteiger partial charge in [0.2, 0.25) is 0 Å². The Hall–Kier alpha value is 0.0200. The summed E-state index contributed by atoms with van der Waals surface area (Å²) < 4.78 is 30.7. The lowest BCUT2D eigenvalue weighted by Crippen LogP contribution is -2.01. The molecular formula is C8H7BrF2INO. The van der Waals surface area contributed by atoms with Gasteiger partial charge in [-0.25, -0.2) is 8.78 Å². The lowest BCUT2D eigenvalue weighted by atomic mass is 10.2. The van der Waals surface area contributed by atoms with Crippen LogP contribution in [0.1, 0.15) is 17.7 Å². The third-order valence-corrected chi connectivity index (χ3v) is 3.42. The van der Waals surface area contributed by atoms with Gasteiger partial charge >= 0.3 is 0 Å². The van der Waals surface area contributed by atoms with Crippen LogP contribution >= 0.6 is 38.5 Å². The number of alkyl halides is 3. The van der Waals surface area contributed by atoms with Crippen LogP contribution in [-0.2, 0) is 5.33 Å². The van der Waals surface area contributed by atoms with Crippen LogP contribution in [0, 0.1) is 3.57 Å². The van der Waals surface area contributed by atoms with Crippen LogP contribution in [0.3, 0.4) is 0 Å². The molecule has 78 valence electrons. The number of halogens is 4. The van der Waals surface area contributed by atoms with Gasteiger partial charge in [-0.05, 0) is 22.6 Å². The first kappa shape index (κ1) is 12.1. The standard InChI is InChI=1S/C8H7BrF2INO/c1-14-5-3-13-7(8(10)11)4(2-9)6(5)12/h3,8H,2H2,1H3. The van der Waals surface area contributed by atoms with Crippen LogP contribution in [0.25, 0.3) is 0 Å². The van der Waals surface area contributed by atoms with E-state index in [2.05, 4.69) is 20.9 Å². The average Bonchev–Trinajstić information content (AvgIpc) is 2.17. The van der Waals surface area contributed by atoms with Gasteiger partial charge in [0.05, 0.1) is 16.9 Å². The fourth-order valence-corrected chi connectivity index (χ4v) is 2.90. The highest BCUT2D eigenvalue weighted by Crippen LogP contribution is 2.31. The topological polar surface area (TPSA) is 22.1 Å². The number of aromatic nitrogens is 1. The lowest BCUT2D eigenvalue weighted by molar-refractivity contribution is 0.145. The Kier molecular flexibility index (Phi) is 4.49. The predicted octanol–water partition coefficient (Wildman–Crippen LogP) is 3.53. The minimum atomic E-state index is -2.55. The minimum absolute atomic E-state index is 0.188. The molecule has 0 aliphatic carbocycles. The summed E-state index contributed by atoms with van der Waals surface area (Å²) in [6, 6.07) is 0. The Morgan fingerprint density at radius 3 is 2.71 bits per heavy atom. The molecule has 0 aliphatic rings. The van der Waals surface area contributed by atoms with E-state index in [-0.39, 0.29) is 5.69 Å². The van der Waals surface area contributed by atoms with Crippen molar-refractivity contribution in [3.8, 4) is 5.75 Å². The third kappa shape index (κ3) is 2.33. The maximum atomic E-state index is 12.5. The summed E-state index contributed by atoms with van der Waals surface area (Å²) in [6.45, 7) is 0. The third-order valence-electron chi connectivity index (χ3n) is 1.67. The van der Waals surface area contributed by atoms with Gasteiger partial charge in [-0.15, -0.1) is 0 Å². The largest absolute Gasteiger partial charge is 0.494 e. The minimum Gasteiger partial charge on any atom is -0.494 e. The maximum Gasteiger partial charge on any atom is 0.280 e. The molecule has 0 fully saturated rings. The Labute approximate surface area is 102 Å². The number of ether oxygens (including phenoxy) is 1. The molecule has 1 rings (SSSR count). The van der Waals surface area contributed by atoms with E-state index in [0.29, 0.717) is 20.2 Å². The van der Waals surface area contributed by atoms with Crippen molar-refractivity contribution < 1.29 is 13.5 Å². The first-order valence-electron chi connectivity index (χ1n) is 3.67. The highest BCUT2D eigenvalue weighted by molar-refractivity contribution is 14.1. The zero-order valence-electron chi connectivity index (χ0n) is 7.23. The quantitative estimate of drug-likeness (QED) is 0.594. The van der Waals surface area contributed by atoms with Gasteiger partial charge in [0.1, 0.15) is 5.69 Å². The number of hydrogen-bond donors (Lipinski definition) is 0. The van der Waals surface area contributed by atoms with E-state index in [0.717, 1.165) is 0 Å². The molecule has 0 N–H and O–H groups in total. The van der Waals surface area contributed by atoms with Crippen molar-refractivity contribution in [1.29, 1.82) is 0 Å². The molecule has 0 atom stereocenters. The van der Waals surface area contributed by atoms with Crippen molar-refractivity contribution in [2.45, 2.75) is 11.8 Å². The van der Waals surface area contributed by atoms with Gasteiger partial charge in [-0.2, -0.15) is 0 Å². The Morgan fingerprint density at radius 1 is 1.64 bits per heavy atom. The van der Waals surface area contributed by atoms with Crippen LogP contribution in [0.2, 0.25) is 0 Å². The molecule has 14 heavy (non-hydrogen) atoms. The molecule has 0 aliphatic heterocycles. The average molecular weight is 378 g/mol. The molecule has 0 unspecified atom stereocenters. The monoisotopic (exact) mass is 377 g/mol. The summed E-state index contributed by atoms with van der Waals surface area (Å²) in [4.78, 5) is 3.67. The Balaban J connectivity index is 3.28. The second kappa shape index (κ2) is 5.20.